The molecular weight excluding hydrogens is 252 g/mol. The number of rotatable bonds is 3. The van der Waals surface area contributed by atoms with Crippen LogP contribution in [0.2, 0.25) is 0 Å². The Kier molecular flexibility index (Phi) is 3.87. The summed E-state index contributed by atoms with van der Waals surface area (Å²) in [7, 11) is 0. The van der Waals surface area contributed by atoms with Gasteiger partial charge in [-0.3, -0.25) is 0 Å². The highest BCUT2D eigenvalue weighted by Gasteiger charge is 2.11. The molecule has 1 atom stereocenters. The van der Waals surface area contributed by atoms with Gasteiger partial charge < -0.3 is 5.73 Å². The fraction of sp³-hybridized carbons (Fsp3) is 0.143. The molecule has 2 N–H and O–H groups in total. The summed E-state index contributed by atoms with van der Waals surface area (Å²) in [6.07, 6.45) is 0. The van der Waals surface area contributed by atoms with Crippen LogP contribution in [0.4, 0.5) is 14.5 Å². The second-order valence-electron chi connectivity index (χ2n) is 4.00. The van der Waals surface area contributed by atoms with Gasteiger partial charge in [0.25, 0.3) is 0 Å². The molecule has 2 rings (SSSR count). The molecule has 0 fully saturated rings. The van der Waals surface area contributed by atoms with Crippen molar-refractivity contribution in [3.63, 3.8) is 0 Å². The molecule has 0 heterocycles. The molecule has 0 aliphatic carbocycles. The van der Waals surface area contributed by atoms with E-state index in [0.29, 0.717) is 10.6 Å². The maximum Gasteiger partial charge on any atom is 0.136 e. The minimum absolute atomic E-state index is 0.0295. The van der Waals surface area contributed by atoms with Crippen LogP contribution in [0.1, 0.15) is 17.7 Å². The maximum absolute atomic E-state index is 13.5. The average Bonchev–Trinajstić information content (AvgIpc) is 2.34. The first kappa shape index (κ1) is 12.9. The lowest BCUT2D eigenvalue weighted by atomic mass is 10.1. The van der Waals surface area contributed by atoms with Crippen molar-refractivity contribution in [2.45, 2.75) is 17.1 Å². The zero-order chi connectivity index (χ0) is 13.1. The van der Waals surface area contributed by atoms with Crippen molar-refractivity contribution in [1.29, 1.82) is 0 Å². The fourth-order valence-corrected chi connectivity index (χ4v) is 2.63. The largest absolute Gasteiger partial charge is 0.399 e. The zero-order valence-corrected chi connectivity index (χ0v) is 10.7. The summed E-state index contributed by atoms with van der Waals surface area (Å²) in [5.74, 6) is -0.827. The SMILES string of the molecule is CC(Sc1cc(F)ccc1F)c1ccc(N)cc1. The molecule has 0 bridgehead atoms. The lowest BCUT2D eigenvalue weighted by Crippen LogP contribution is -1.92. The Balaban J connectivity index is 2.18. The Morgan fingerprint density at radius 2 is 1.72 bits per heavy atom. The number of thioether (sulfide) groups is 1. The number of anilines is 1. The summed E-state index contributed by atoms with van der Waals surface area (Å²) in [5.41, 5.74) is 7.32. The van der Waals surface area contributed by atoms with Crippen molar-refractivity contribution in [1.82, 2.24) is 0 Å². The van der Waals surface area contributed by atoms with Gasteiger partial charge in [0.2, 0.25) is 0 Å². The van der Waals surface area contributed by atoms with Crippen LogP contribution in [-0.2, 0) is 0 Å². The third-order valence-corrected chi connectivity index (χ3v) is 3.80. The van der Waals surface area contributed by atoms with Crippen LogP contribution in [0.5, 0.6) is 0 Å². The maximum atomic E-state index is 13.5. The second kappa shape index (κ2) is 5.40. The molecule has 0 amide bonds. The normalized spacial score (nSPS) is 12.4. The Morgan fingerprint density at radius 1 is 1.06 bits per heavy atom. The molecule has 2 aromatic carbocycles. The third-order valence-electron chi connectivity index (χ3n) is 2.60. The molecule has 0 aromatic heterocycles. The van der Waals surface area contributed by atoms with Gasteiger partial charge in [0, 0.05) is 15.8 Å². The number of hydrogen-bond donors (Lipinski definition) is 1. The van der Waals surface area contributed by atoms with Crippen molar-refractivity contribution in [2.24, 2.45) is 0 Å². The second-order valence-corrected chi connectivity index (χ2v) is 5.38. The Morgan fingerprint density at radius 3 is 2.39 bits per heavy atom. The van der Waals surface area contributed by atoms with Gasteiger partial charge in [0.15, 0.2) is 0 Å². The van der Waals surface area contributed by atoms with Crippen LogP contribution in [0.15, 0.2) is 47.4 Å². The first-order valence-electron chi connectivity index (χ1n) is 5.53. The summed E-state index contributed by atoms with van der Waals surface area (Å²) in [6, 6.07) is 10.9. The molecule has 2 aromatic rings. The third kappa shape index (κ3) is 3.01. The van der Waals surface area contributed by atoms with E-state index < -0.39 is 11.6 Å². The molecule has 4 heteroatoms. The van der Waals surface area contributed by atoms with Crippen LogP contribution >= 0.6 is 11.8 Å². The van der Waals surface area contributed by atoms with Crippen molar-refractivity contribution >= 4 is 17.4 Å². The van der Waals surface area contributed by atoms with Crippen molar-refractivity contribution in [2.75, 3.05) is 5.73 Å². The molecular formula is C14H13F2NS. The van der Waals surface area contributed by atoms with Gasteiger partial charge in [-0.1, -0.05) is 12.1 Å². The predicted octanol–water partition coefficient (Wildman–Crippen LogP) is 4.40. The fourth-order valence-electron chi connectivity index (χ4n) is 1.59. The number of nitrogen functional groups attached to an aromatic ring is 1. The van der Waals surface area contributed by atoms with Crippen LogP contribution in [0.3, 0.4) is 0 Å². The standard InChI is InChI=1S/C14H13F2NS/c1-9(10-2-5-12(17)6-3-10)18-14-8-11(15)4-7-13(14)16/h2-9H,17H2,1H3. The summed E-state index contributed by atoms with van der Waals surface area (Å²) >= 11 is 1.29. The van der Waals surface area contributed by atoms with Gasteiger partial charge in [0.05, 0.1) is 0 Å². The number of hydrogen-bond acceptors (Lipinski definition) is 2. The molecule has 18 heavy (non-hydrogen) atoms. The van der Waals surface area contributed by atoms with Gasteiger partial charge in [0.1, 0.15) is 11.6 Å². The van der Waals surface area contributed by atoms with E-state index in [-0.39, 0.29) is 5.25 Å². The van der Waals surface area contributed by atoms with Crippen molar-refractivity contribution < 1.29 is 8.78 Å². The number of nitrogens with two attached hydrogens (primary N) is 1. The highest BCUT2D eigenvalue weighted by molar-refractivity contribution is 7.99. The average molecular weight is 265 g/mol. The van der Waals surface area contributed by atoms with E-state index in [0.717, 1.165) is 17.7 Å². The van der Waals surface area contributed by atoms with Gasteiger partial charge in [-0.05, 0) is 42.8 Å². The number of benzene rings is 2. The van der Waals surface area contributed by atoms with Gasteiger partial charge in [-0.15, -0.1) is 11.8 Å². The first-order valence-corrected chi connectivity index (χ1v) is 6.41. The van der Waals surface area contributed by atoms with E-state index in [9.17, 15) is 8.78 Å². The molecule has 1 unspecified atom stereocenters. The van der Waals surface area contributed by atoms with Gasteiger partial charge in [-0.25, -0.2) is 8.78 Å². The van der Waals surface area contributed by atoms with Crippen LogP contribution in [0, 0.1) is 11.6 Å². The minimum atomic E-state index is -0.427. The molecule has 0 radical (unpaired) electrons. The van der Waals surface area contributed by atoms with Crippen LogP contribution in [0.25, 0.3) is 0 Å². The van der Waals surface area contributed by atoms with E-state index in [4.69, 9.17) is 5.73 Å². The summed E-state index contributed by atoms with van der Waals surface area (Å²) in [6.45, 7) is 1.94. The first-order chi connectivity index (χ1) is 8.56. The van der Waals surface area contributed by atoms with Gasteiger partial charge >= 0.3 is 0 Å². The van der Waals surface area contributed by atoms with E-state index in [1.807, 2.05) is 19.1 Å². The Hall–Kier alpha value is -1.55. The molecule has 1 nitrogen and oxygen atoms in total. The highest BCUT2D eigenvalue weighted by atomic mass is 32.2. The van der Waals surface area contributed by atoms with E-state index in [1.165, 1.54) is 17.8 Å². The van der Waals surface area contributed by atoms with Crippen molar-refractivity contribution in [3.05, 3.63) is 59.7 Å². The lowest BCUT2D eigenvalue weighted by molar-refractivity contribution is 0.577. The monoisotopic (exact) mass is 265 g/mol. The molecule has 0 aliphatic heterocycles. The predicted molar refractivity (Wildman–Crippen MR) is 71.5 cm³/mol. The quantitative estimate of drug-likeness (QED) is 0.657. The molecule has 94 valence electrons. The Bertz CT molecular complexity index is 540. The smallest absolute Gasteiger partial charge is 0.136 e. The molecule has 0 aliphatic rings. The van der Waals surface area contributed by atoms with E-state index in [2.05, 4.69) is 0 Å². The van der Waals surface area contributed by atoms with Crippen LogP contribution in [-0.4, -0.2) is 0 Å². The Labute approximate surface area is 109 Å². The van der Waals surface area contributed by atoms with Gasteiger partial charge in [-0.2, -0.15) is 0 Å². The molecule has 0 spiro atoms. The summed E-state index contributed by atoms with van der Waals surface area (Å²) in [4.78, 5) is 0.319. The highest BCUT2D eigenvalue weighted by Crippen LogP contribution is 2.36. The lowest BCUT2D eigenvalue weighted by Gasteiger charge is -2.12. The number of halogens is 2. The minimum Gasteiger partial charge on any atom is -0.399 e. The van der Waals surface area contributed by atoms with E-state index in [1.54, 1.807) is 12.1 Å². The topological polar surface area (TPSA) is 26.0 Å². The summed E-state index contributed by atoms with van der Waals surface area (Å²) in [5, 5.41) is 0.0295. The summed E-state index contributed by atoms with van der Waals surface area (Å²) < 4.78 is 26.6. The van der Waals surface area contributed by atoms with E-state index >= 15 is 0 Å². The zero-order valence-electron chi connectivity index (χ0n) is 9.86. The molecule has 0 saturated heterocycles. The van der Waals surface area contributed by atoms with Crippen LogP contribution < -0.4 is 5.73 Å². The molecule has 0 saturated carbocycles. The van der Waals surface area contributed by atoms with Crippen molar-refractivity contribution in [3.8, 4) is 0 Å².